The summed E-state index contributed by atoms with van der Waals surface area (Å²) in [5, 5.41) is 14.0. The van der Waals surface area contributed by atoms with Crippen LogP contribution in [0, 0.1) is 5.92 Å². The van der Waals surface area contributed by atoms with Gasteiger partial charge in [-0.1, -0.05) is 0 Å². The highest BCUT2D eigenvalue weighted by Gasteiger charge is 2.34. The van der Waals surface area contributed by atoms with E-state index in [0.717, 1.165) is 17.1 Å². The van der Waals surface area contributed by atoms with Gasteiger partial charge in [-0.2, -0.15) is 5.10 Å². The number of ether oxygens (including phenoxy) is 1. The van der Waals surface area contributed by atoms with Crippen molar-refractivity contribution in [2.75, 3.05) is 56.0 Å². The summed E-state index contributed by atoms with van der Waals surface area (Å²) in [5.41, 5.74) is 1.71. The number of aromatic nitrogens is 2. The first kappa shape index (κ1) is 20.4. The van der Waals surface area contributed by atoms with Gasteiger partial charge in [-0.25, -0.2) is 0 Å². The summed E-state index contributed by atoms with van der Waals surface area (Å²) in [6.07, 6.45) is 1.89. The van der Waals surface area contributed by atoms with Crippen LogP contribution in [0.5, 0.6) is 5.75 Å². The lowest BCUT2D eigenvalue weighted by molar-refractivity contribution is -0.126. The van der Waals surface area contributed by atoms with Gasteiger partial charge in [0.05, 0.1) is 24.9 Å². The summed E-state index contributed by atoms with van der Waals surface area (Å²) in [6, 6.07) is 9.14. The fraction of sp³-hybridized carbons (Fsp3) is 0.400. The predicted molar refractivity (Wildman–Crippen MR) is 111 cm³/mol. The molecule has 2 amide bonds. The molecule has 1 saturated heterocycles. The van der Waals surface area contributed by atoms with Crippen LogP contribution in [0.25, 0.3) is 0 Å². The standard InChI is InChI=1S/C20H26N6O3/c1-25(2)16-11-18(24-23-12-16)21-8-9-22-20(28)14-10-19(27)26(13-14)15-4-6-17(29-3)7-5-15/h4-7,11-12,14H,8-10,13H2,1-3H3,(H,21,24)(H,22,28). The van der Waals surface area contributed by atoms with E-state index in [1.54, 1.807) is 30.3 Å². The Hall–Kier alpha value is -3.36. The number of carbonyl (C=O) groups excluding carboxylic acids is 2. The van der Waals surface area contributed by atoms with Crippen LogP contribution < -0.4 is 25.2 Å². The van der Waals surface area contributed by atoms with E-state index in [0.29, 0.717) is 25.5 Å². The van der Waals surface area contributed by atoms with Crippen LogP contribution in [0.2, 0.25) is 0 Å². The summed E-state index contributed by atoms with van der Waals surface area (Å²) in [5.74, 6) is 0.838. The Morgan fingerprint density at radius 2 is 2.03 bits per heavy atom. The zero-order valence-electron chi connectivity index (χ0n) is 16.9. The molecule has 154 valence electrons. The Morgan fingerprint density at radius 3 is 2.72 bits per heavy atom. The third-order valence-corrected chi connectivity index (χ3v) is 4.77. The molecule has 1 unspecified atom stereocenters. The van der Waals surface area contributed by atoms with E-state index < -0.39 is 0 Å². The van der Waals surface area contributed by atoms with Gasteiger partial charge in [0, 0.05) is 51.9 Å². The lowest BCUT2D eigenvalue weighted by atomic mass is 10.1. The maximum atomic E-state index is 12.5. The first-order valence-electron chi connectivity index (χ1n) is 9.44. The third kappa shape index (κ3) is 5.13. The summed E-state index contributed by atoms with van der Waals surface area (Å²) >= 11 is 0. The third-order valence-electron chi connectivity index (χ3n) is 4.77. The van der Waals surface area contributed by atoms with Crippen LogP contribution in [0.3, 0.4) is 0 Å². The van der Waals surface area contributed by atoms with Crippen molar-refractivity contribution in [2.45, 2.75) is 6.42 Å². The number of nitrogens with one attached hydrogen (secondary N) is 2. The molecule has 0 saturated carbocycles. The molecule has 2 aromatic rings. The molecule has 2 N–H and O–H groups in total. The number of amides is 2. The molecule has 0 spiro atoms. The maximum Gasteiger partial charge on any atom is 0.227 e. The Labute approximate surface area is 170 Å². The minimum atomic E-state index is -0.360. The van der Waals surface area contributed by atoms with Gasteiger partial charge in [0.25, 0.3) is 0 Å². The largest absolute Gasteiger partial charge is 0.497 e. The fourth-order valence-electron chi connectivity index (χ4n) is 3.10. The van der Waals surface area contributed by atoms with Gasteiger partial charge in [-0.3, -0.25) is 9.59 Å². The van der Waals surface area contributed by atoms with E-state index in [1.807, 2.05) is 37.2 Å². The molecule has 29 heavy (non-hydrogen) atoms. The Bertz CT molecular complexity index is 856. The van der Waals surface area contributed by atoms with E-state index in [4.69, 9.17) is 4.74 Å². The van der Waals surface area contributed by atoms with E-state index in [9.17, 15) is 9.59 Å². The van der Waals surface area contributed by atoms with Crippen molar-refractivity contribution in [3.63, 3.8) is 0 Å². The minimum Gasteiger partial charge on any atom is -0.497 e. The highest BCUT2D eigenvalue weighted by atomic mass is 16.5. The van der Waals surface area contributed by atoms with Crippen LogP contribution in [-0.2, 0) is 9.59 Å². The van der Waals surface area contributed by atoms with Crippen molar-refractivity contribution in [1.82, 2.24) is 15.5 Å². The summed E-state index contributed by atoms with van der Waals surface area (Å²) in [4.78, 5) is 28.4. The second kappa shape index (κ2) is 9.22. The smallest absolute Gasteiger partial charge is 0.227 e. The molecule has 1 aromatic carbocycles. The number of carbonyl (C=O) groups is 2. The van der Waals surface area contributed by atoms with Gasteiger partial charge in [0.1, 0.15) is 5.75 Å². The second-order valence-electron chi connectivity index (χ2n) is 7.01. The van der Waals surface area contributed by atoms with Gasteiger partial charge >= 0.3 is 0 Å². The molecule has 1 aliphatic rings. The van der Waals surface area contributed by atoms with E-state index in [-0.39, 0.29) is 24.2 Å². The number of nitrogens with zero attached hydrogens (tertiary/aromatic N) is 4. The molecule has 9 heteroatoms. The SMILES string of the molecule is COc1ccc(N2CC(C(=O)NCCNc3cc(N(C)C)cnn3)CC2=O)cc1. The monoisotopic (exact) mass is 398 g/mol. The normalized spacial score (nSPS) is 15.9. The maximum absolute atomic E-state index is 12.5. The molecule has 0 aliphatic carbocycles. The van der Waals surface area contributed by atoms with Crippen LogP contribution in [-0.4, -0.2) is 62.9 Å². The number of anilines is 3. The van der Waals surface area contributed by atoms with Gasteiger partial charge in [0.2, 0.25) is 11.8 Å². The highest BCUT2D eigenvalue weighted by molar-refractivity contribution is 6.00. The van der Waals surface area contributed by atoms with Gasteiger partial charge < -0.3 is 25.2 Å². The Kier molecular flexibility index (Phi) is 6.48. The van der Waals surface area contributed by atoms with Crippen molar-refractivity contribution < 1.29 is 14.3 Å². The number of hydrogen-bond acceptors (Lipinski definition) is 7. The van der Waals surface area contributed by atoms with Gasteiger partial charge in [-0.05, 0) is 24.3 Å². The lowest BCUT2D eigenvalue weighted by Gasteiger charge is -2.17. The average Bonchev–Trinajstić information content (AvgIpc) is 3.13. The minimum absolute atomic E-state index is 0.0517. The van der Waals surface area contributed by atoms with Crippen molar-refractivity contribution >= 4 is 29.0 Å². The number of hydrogen-bond donors (Lipinski definition) is 2. The Balaban J connectivity index is 1.46. The van der Waals surface area contributed by atoms with Crippen LogP contribution in [0.1, 0.15) is 6.42 Å². The molecule has 0 bridgehead atoms. The van der Waals surface area contributed by atoms with Crippen molar-refractivity contribution in [2.24, 2.45) is 5.92 Å². The Morgan fingerprint density at radius 1 is 1.28 bits per heavy atom. The van der Waals surface area contributed by atoms with Crippen molar-refractivity contribution in [3.05, 3.63) is 36.5 Å². The highest BCUT2D eigenvalue weighted by Crippen LogP contribution is 2.26. The van der Waals surface area contributed by atoms with Crippen molar-refractivity contribution in [3.8, 4) is 5.75 Å². The molecule has 9 nitrogen and oxygen atoms in total. The number of methoxy groups -OCH3 is 1. The molecule has 1 fully saturated rings. The van der Waals surface area contributed by atoms with Crippen LogP contribution >= 0.6 is 0 Å². The average molecular weight is 398 g/mol. The topological polar surface area (TPSA) is 99.7 Å². The molecule has 1 atom stereocenters. The fourth-order valence-corrected chi connectivity index (χ4v) is 3.10. The molecule has 0 radical (unpaired) electrons. The summed E-state index contributed by atoms with van der Waals surface area (Å²) in [6.45, 7) is 1.32. The summed E-state index contributed by atoms with van der Waals surface area (Å²) in [7, 11) is 5.45. The van der Waals surface area contributed by atoms with E-state index in [2.05, 4.69) is 20.8 Å². The second-order valence-corrected chi connectivity index (χ2v) is 7.01. The first-order valence-corrected chi connectivity index (χ1v) is 9.44. The zero-order valence-corrected chi connectivity index (χ0v) is 16.9. The van der Waals surface area contributed by atoms with Crippen molar-refractivity contribution in [1.29, 1.82) is 0 Å². The lowest BCUT2D eigenvalue weighted by Crippen LogP contribution is -2.35. The molecule has 1 aromatic heterocycles. The molecular weight excluding hydrogens is 372 g/mol. The number of rotatable bonds is 8. The summed E-state index contributed by atoms with van der Waals surface area (Å²) < 4.78 is 5.14. The molecule has 2 heterocycles. The molecule has 1 aliphatic heterocycles. The van der Waals surface area contributed by atoms with Crippen LogP contribution in [0.15, 0.2) is 36.5 Å². The predicted octanol–water partition coefficient (Wildman–Crippen LogP) is 1.13. The van der Waals surface area contributed by atoms with Gasteiger partial charge in [-0.15, -0.1) is 5.10 Å². The molecule has 3 rings (SSSR count). The van der Waals surface area contributed by atoms with E-state index in [1.165, 1.54) is 0 Å². The van der Waals surface area contributed by atoms with Gasteiger partial charge in [0.15, 0.2) is 5.82 Å². The quantitative estimate of drug-likeness (QED) is 0.643. The molecular formula is C20H26N6O3. The van der Waals surface area contributed by atoms with E-state index >= 15 is 0 Å². The van der Waals surface area contributed by atoms with Crippen LogP contribution in [0.4, 0.5) is 17.2 Å². The zero-order chi connectivity index (χ0) is 20.8. The number of benzene rings is 1. The first-order chi connectivity index (χ1) is 14.0.